The van der Waals surface area contributed by atoms with Crippen molar-refractivity contribution in [3.63, 3.8) is 0 Å². The molecule has 6 amide bonds. The fourth-order valence-corrected chi connectivity index (χ4v) is 2.21. The summed E-state index contributed by atoms with van der Waals surface area (Å²) in [6, 6.07) is -2.23. The van der Waals surface area contributed by atoms with Gasteiger partial charge in [0, 0.05) is 13.0 Å². The second kappa shape index (κ2) is 14.6. The Balaban J connectivity index is 4.90. The summed E-state index contributed by atoms with van der Waals surface area (Å²) in [5.41, 5.74) is 4.08. The Kier molecular flexibility index (Phi) is 13.1. The van der Waals surface area contributed by atoms with Crippen molar-refractivity contribution in [3.8, 4) is 0 Å². The summed E-state index contributed by atoms with van der Waals surface area (Å²) in [5.74, 6) is -3.24. The maximum absolute atomic E-state index is 12.6. The van der Waals surface area contributed by atoms with E-state index in [0.717, 1.165) is 0 Å². The van der Waals surface area contributed by atoms with Gasteiger partial charge >= 0.3 is 6.09 Å². The average molecular weight is 475 g/mol. The second-order valence-corrected chi connectivity index (χ2v) is 8.00. The monoisotopic (exact) mass is 474 g/mol. The lowest BCUT2D eigenvalue weighted by Gasteiger charge is -2.24. The molecule has 2 atom stereocenters. The SMILES string of the molecule is C[C@H](NC(=O)[C@@H](CCNC(=O)CCO)NC(=O)OC(C)(C)C)C(=O)NCC(=O)NCC(N)=O. The van der Waals surface area contributed by atoms with Gasteiger partial charge < -0.3 is 42.2 Å². The zero-order chi connectivity index (χ0) is 25.6. The number of aliphatic hydroxyl groups is 1. The normalized spacial score (nSPS) is 12.5. The van der Waals surface area contributed by atoms with Crippen LogP contribution in [-0.4, -0.2) is 84.7 Å². The van der Waals surface area contributed by atoms with E-state index < -0.39 is 59.9 Å². The van der Waals surface area contributed by atoms with Gasteiger partial charge in [-0.1, -0.05) is 0 Å². The smallest absolute Gasteiger partial charge is 0.408 e. The van der Waals surface area contributed by atoms with E-state index in [1.807, 2.05) is 0 Å². The van der Waals surface area contributed by atoms with Crippen molar-refractivity contribution in [3.05, 3.63) is 0 Å². The number of rotatable bonds is 13. The first-order chi connectivity index (χ1) is 15.2. The van der Waals surface area contributed by atoms with Crippen molar-refractivity contribution in [2.75, 3.05) is 26.2 Å². The molecule has 8 N–H and O–H groups in total. The highest BCUT2D eigenvalue weighted by Gasteiger charge is 2.27. The van der Waals surface area contributed by atoms with Gasteiger partial charge in [-0.05, 0) is 34.1 Å². The molecule has 0 unspecified atom stereocenters. The molecule has 0 fully saturated rings. The molecule has 0 aliphatic carbocycles. The lowest BCUT2D eigenvalue weighted by Crippen LogP contribution is -2.54. The van der Waals surface area contributed by atoms with Gasteiger partial charge in [-0.2, -0.15) is 0 Å². The van der Waals surface area contributed by atoms with Crippen LogP contribution in [0.3, 0.4) is 0 Å². The van der Waals surface area contributed by atoms with E-state index >= 15 is 0 Å². The molecule has 0 saturated carbocycles. The second-order valence-electron chi connectivity index (χ2n) is 8.00. The van der Waals surface area contributed by atoms with Crippen LogP contribution in [0.4, 0.5) is 4.79 Å². The van der Waals surface area contributed by atoms with E-state index in [4.69, 9.17) is 15.6 Å². The van der Waals surface area contributed by atoms with Crippen molar-refractivity contribution in [1.29, 1.82) is 0 Å². The summed E-state index contributed by atoms with van der Waals surface area (Å²) in [6.45, 7) is 5.14. The molecule has 0 spiro atoms. The lowest BCUT2D eigenvalue weighted by molar-refractivity contribution is -0.131. The van der Waals surface area contributed by atoms with E-state index in [1.54, 1.807) is 20.8 Å². The molecule has 0 rings (SSSR count). The Morgan fingerprint density at radius 2 is 1.55 bits per heavy atom. The Labute approximate surface area is 191 Å². The molecule has 0 aliphatic heterocycles. The van der Waals surface area contributed by atoms with Crippen molar-refractivity contribution >= 4 is 35.6 Å². The summed E-state index contributed by atoms with van der Waals surface area (Å²) in [6.07, 6.45) is -1.00. The zero-order valence-corrected chi connectivity index (χ0v) is 19.3. The third-order valence-electron chi connectivity index (χ3n) is 3.74. The number of nitrogens with two attached hydrogens (primary N) is 1. The fraction of sp³-hybridized carbons (Fsp3) is 0.684. The Morgan fingerprint density at radius 1 is 0.909 bits per heavy atom. The van der Waals surface area contributed by atoms with Crippen LogP contribution in [0.2, 0.25) is 0 Å². The van der Waals surface area contributed by atoms with Crippen LogP contribution in [0.15, 0.2) is 0 Å². The molecular formula is C19H34N6O8. The third-order valence-corrected chi connectivity index (χ3v) is 3.74. The van der Waals surface area contributed by atoms with E-state index in [1.165, 1.54) is 6.92 Å². The van der Waals surface area contributed by atoms with Crippen LogP contribution < -0.4 is 32.3 Å². The summed E-state index contributed by atoms with van der Waals surface area (Å²) in [7, 11) is 0. The van der Waals surface area contributed by atoms with E-state index in [9.17, 15) is 28.8 Å². The topological polar surface area (TPSA) is 218 Å². The minimum absolute atomic E-state index is 0.00727. The van der Waals surface area contributed by atoms with Crippen LogP contribution in [0.5, 0.6) is 0 Å². The van der Waals surface area contributed by atoms with Gasteiger partial charge in [0.25, 0.3) is 0 Å². The first-order valence-corrected chi connectivity index (χ1v) is 10.2. The van der Waals surface area contributed by atoms with Crippen LogP contribution in [0.1, 0.15) is 40.5 Å². The number of alkyl carbamates (subject to hydrolysis) is 1. The number of amides is 6. The Morgan fingerprint density at radius 3 is 2.09 bits per heavy atom. The summed E-state index contributed by atoms with van der Waals surface area (Å²) in [5, 5.41) is 20.5. The highest BCUT2D eigenvalue weighted by Crippen LogP contribution is 2.07. The number of primary amides is 1. The minimum atomic E-state index is -1.15. The molecule has 0 radical (unpaired) electrons. The van der Waals surface area contributed by atoms with Gasteiger partial charge in [0.05, 0.1) is 19.7 Å². The quantitative estimate of drug-likeness (QED) is 0.145. The molecule has 0 heterocycles. The van der Waals surface area contributed by atoms with Crippen molar-refractivity contribution in [1.82, 2.24) is 26.6 Å². The number of ether oxygens (including phenoxy) is 1. The standard InChI is InChI=1S/C19H34N6O8/c1-11(16(30)23-10-15(29)22-9-13(20)27)24-17(31)12(5-7-21-14(28)6-8-26)25-18(32)33-19(2,3)4/h11-12,26H,5-10H2,1-4H3,(H2,20,27)(H,21,28)(H,22,29)(H,23,30)(H,24,31)(H,25,32)/t11-,12+/m0/s1. The molecule has 188 valence electrons. The molecular weight excluding hydrogens is 440 g/mol. The first kappa shape index (κ1) is 29.6. The molecule has 14 heteroatoms. The molecule has 14 nitrogen and oxygen atoms in total. The van der Waals surface area contributed by atoms with Gasteiger partial charge in [-0.25, -0.2) is 4.79 Å². The van der Waals surface area contributed by atoms with Gasteiger partial charge in [0.1, 0.15) is 17.7 Å². The molecule has 0 aromatic heterocycles. The van der Waals surface area contributed by atoms with Crippen molar-refractivity contribution in [2.24, 2.45) is 5.73 Å². The molecule has 0 saturated heterocycles. The average Bonchev–Trinajstić information content (AvgIpc) is 2.68. The minimum Gasteiger partial charge on any atom is -0.444 e. The van der Waals surface area contributed by atoms with Gasteiger partial charge in [-0.3, -0.25) is 24.0 Å². The molecule has 0 bridgehead atoms. The number of carbonyl (C=O) groups is 6. The van der Waals surface area contributed by atoms with Gasteiger partial charge in [0.2, 0.25) is 29.5 Å². The summed E-state index contributed by atoms with van der Waals surface area (Å²) >= 11 is 0. The summed E-state index contributed by atoms with van der Waals surface area (Å²) in [4.78, 5) is 70.5. The van der Waals surface area contributed by atoms with Gasteiger partial charge in [0.15, 0.2) is 0 Å². The highest BCUT2D eigenvalue weighted by atomic mass is 16.6. The number of aliphatic hydroxyl groups excluding tert-OH is 1. The van der Waals surface area contributed by atoms with Crippen LogP contribution in [0, 0.1) is 0 Å². The number of nitrogens with one attached hydrogen (secondary N) is 5. The lowest BCUT2D eigenvalue weighted by atomic mass is 10.1. The Bertz CT molecular complexity index is 722. The van der Waals surface area contributed by atoms with E-state index in [-0.39, 0.29) is 32.5 Å². The molecule has 0 aliphatic rings. The van der Waals surface area contributed by atoms with Crippen LogP contribution in [0.25, 0.3) is 0 Å². The van der Waals surface area contributed by atoms with E-state index in [0.29, 0.717) is 0 Å². The summed E-state index contributed by atoms with van der Waals surface area (Å²) < 4.78 is 5.13. The highest BCUT2D eigenvalue weighted by molar-refractivity contribution is 5.93. The maximum Gasteiger partial charge on any atom is 0.408 e. The first-order valence-electron chi connectivity index (χ1n) is 10.2. The number of hydrogen-bond acceptors (Lipinski definition) is 8. The van der Waals surface area contributed by atoms with Crippen LogP contribution >= 0.6 is 0 Å². The third kappa shape index (κ3) is 15.1. The zero-order valence-electron chi connectivity index (χ0n) is 19.3. The van der Waals surface area contributed by atoms with Crippen LogP contribution in [-0.2, 0) is 28.7 Å². The van der Waals surface area contributed by atoms with Crippen molar-refractivity contribution in [2.45, 2.75) is 58.2 Å². The predicted molar refractivity (Wildman–Crippen MR) is 115 cm³/mol. The Hall–Kier alpha value is -3.42. The number of carbonyl (C=O) groups excluding carboxylic acids is 6. The number of hydrogen-bond donors (Lipinski definition) is 7. The maximum atomic E-state index is 12.6. The largest absolute Gasteiger partial charge is 0.444 e. The van der Waals surface area contributed by atoms with E-state index in [2.05, 4.69) is 26.6 Å². The fourth-order valence-electron chi connectivity index (χ4n) is 2.21. The predicted octanol–water partition coefficient (Wildman–Crippen LogP) is -3.01. The molecule has 0 aromatic rings. The molecule has 0 aromatic carbocycles. The van der Waals surface area contributed by atoms with Gasteiger partial charge in [-0.15, -0.1) is 0 Å². The molecule has 33 heavy (non-hydrogen) atoms. The van der Waals surface area contributed by atoms with Crippen molar-refractivity contribution < 1.29 is 38.6 Å².